The minimum atomic E-state index is -3.22. The molecule has 3 N–H and O–H groups in total. The highest BCUT2D eigenvalue weighted by Crippen LogP contribution is 2.29. The van der Waals surface area contributed by atoms with Crippen LogP contribution in [0.2, 0.25) is 0 Å². The van der Waals surface area contributed by atoms with Crippen molar-refractivity contribution in [2.24, 2.45) is 5.73 Å². The van der Waals surface area contributed by atoms with Gasteiger partial charge in [-0.25, -0.2) is 13.1 Å². The van der Waals surface area contributed by atoms with Crippen LogP contribution in [0.4, 0.5) is 0 Å². The van der Waals surface area contributed by atoms with Crippen LogP contribution in [0.3, 0.4) is 0 Å². The lowest BCUT2D eigenvalue weighted by Gasteiger charge is -2.21. The van der Waals surface area contributed by atoms with Gasteiger partial charge in [0.05, 0.1) is 12.4 Å². The molecule has 1 unspecified atom stereocenters. The van der Waals surface area contributed by atoms with Gasteiger partial charge in [-0.1, -0.05) is 0 Å². The van der Waals surface area contributed by atoms with Crippen molar-refractivity contribution in [2.75, 3.05) is 6.26 Å². The zero-order valence-corrected chi connectivity index (χ0v) is 9.96. The van der Waals surface area contributed by atoms with Crippen molar-refractivity contribution >= 4 is 10.0 Å². The molecular formula is C10H16N2O3S. The second-order valence-electron chi connectivity index (χ2n) is 4.30. The van der Waals surface area contributed by atoms with E-state index in [1.807, 2.05) is 0 Å². The first kappa shape index (κ1) is 11.5. The summed E-state index contributed by atoms with van der Waals surface area (Å²) in [5.41, 5.74) is 6.24. The number of ether oxygens (including phenoxy) is 1. The average Bonchev–Trinajstić information content (AvgIpc) is 2.82. The number of allylic oxidation sites excluding steroid dienone is 1. The minimum Gasteiger partial charge on any atom is -0.495 e. The molecule has 0 aromatic carbocycles. The molecule has 1 fully saturated rings. The monoisotopic (exact) mass is 244 g/mol. The Balaban J connectivity index is 2.00. The maximum absolute atomic E-state index is 11.1. The Labute approximate surface area is 95.4 Å². The predicted molar refractivity (Wildman–Crippen MR) is 60.8 cm³/mol. The summed E-state index contributed by atoms with van der Waals surface area (Å²) in [5.74, 6) is 0.767. The topological polar surface area (TPSA) is 81.4 Å². The van der Waals surface area contributed by atoms with Gasteiger partial charge in [0.2, 0.25) is 10.0 Å². The smallest absolute Gasteiger partial charge is 0.209 e. The zero-order valence-electron chi connectivity index (χ0n) is 9.14. The summed E-state index contributed by atoms with van der Waals surface area (Å²) < 4.78 is 30.3. The van der Waals surface area contributed by atoms with Gasteiger partial charge in [0, 0.05) is 18.2 Å². The van der Waals surface area contributed by atoms with Gasteiger partial charge in [-0.2, -0.15) is 0 Å². The lowest BCUT2D eigenvalue weighted by molar-refractivity contribution is 0.183. The van der Waals surface area contributed by atoms with Crippen LogP contribution < -0.4 is 10.5 Å². The van der Waals surface area contributed by atoms with E-state index in [2.05, 4.69) is 4.72 Å². The molecule has 2 rings (SSSR count). The quantitative estimate of drug-likeness (QED) is 0.741. The molecule has 0 spiro atoms. The summed E-state index contributed by atoms with van der Waals surface area (Å²) in [6, 6.07) is -0.297. The van der Waals surface area contributed by atoms with Crippen molar-refractivity contribution < 1.29 is 13.2 Å². The minimum absolute atomic E-state index is 0.297. The normalized spacial score (nSPS) is 25.9. The van der Waals surface area contributed by atoms with Gasteiger partial charge in [0.15, 0.2) is 0 Å². The summed E-state index contributed by atoms with van der Waals surface area (Å²) >= 11 is 0. The molecule has 1 saturated carbocycles. The summed E-state index contributed by atoms with van der Waals surface area (Å²) in [7, 11) is -3.22. The fraction of sp³-hybridized carbons (Fsp3) is 0.600. The molecule has 5 nitrogen and oxygen atoms in total. The van der Waals surface area contributed by atoms with E-state index in [1.165, 1.54) is 0 Å². The fourth-order valence-electron chi connectivity index (χ4n) is 1.63. The van der Waals surface area contributed by atoms with Crippen molar-refractivity contribution in [3.63, 3.8) is 0 Å². The van der Waals surface area contributed by atoms with E-state index < -0.39 is 10.0 Å². The van der Waals surface area contributed by atoms with Crippen LogP contribution in [-0.2, 0) is 14.8 Å². The summed E-state index contributed by atoms with van der Waals surface area (Å²) in [4.78, 5) is 0. The molecule has 2 aliphatic carbocycles. The molecule has 0 bridgehead atoms. The molecule has 0 aromatic rings. The van der Waals surface area contributed by atoms with Crippen LogP contribution >= 0.6 is 0 Å². The number of nitrogens with two attached hydrogens (primary N) is 1. The van der Waals surface area contributed by atoms with E-state index in [9.17, 15) is 8.42 Å². The molecule has 0 radical (unpaired) electrons. The second-order valence-corrected chi connectivity index (χ2v) is 6.08. The van der Waals surface area contributed by atoms with E-state index in [4.69, 9.17) is 10.5 Å². The Hall–Kier alpha value is -1.01. The van der Waals surface area contributed by atoms with Crippen molar-refractivity contribution in [3.8, 4) is 0 Å². The van der Waals surface area contributed by atoms with E-state index >= 15 is 0 Å². The second kappa shape index (κ2) is 4.10. The van der Waals surface area contributed by atoms with Crippen LogP contribution in [0, 0.1) is 0 Å². The third kappa shape index (κ3) is 3.53. The molecule has 0 amide bonds. The van der Waals surface area contributed by atoms with Crippen molar-refractivity contribution in [1.82, 2.24) is 4.72 Å². The number of hydrogen-bond acceptors (Lipinski definition) is 4. The predicted octanol–water partition coefficient (Wildman–Crippen LogP) is 0.213. The fourth-order valence-corrected chi connectivity index (χ4v) is 2.33. The number of nitrogens with one attached hydrogen (secondary N) is 1. The first-order valence-corrected chi connectivity index (χ1v) is 7.13. The van der Waals surface area contributed by atoms with Gasteiger partial charge < -0.3 is 10.5 Å². The largest absolute Gasteiger partial charge is 0.495 e. The van der Waals surface area contributed by atoms with Gasteiger partial charge in [0.1, 0.15) is 5.76 Å². The Morgan fingerprint density at radius 3 is 2.75 bits per heavy atom. The van der Waals surface area contributed by atoms with Crippen molar-refractivity contribution in [1.29, 1.82) is 0 Å². The Bertz CT molecular complexity index is 435. The Kier molecular flexibility index (Phi) is 2.94. The first-order chi connectivity index (χ1) is 7.42. The standard InChI is InChI=1S/C10H16N2O3S/c1-16(13,14)12-8-4-7(11)5-10(6-8)15-9-2-3-9/h4-5,8-9,12H,2-3,6,11H2,1H3. The number of sulfonamides is 1. The van der Waals surface area contributed by atoms with Gasteiger partial charge in [-0.05, 0) is 25.0 Å². The molecule has 0 aromatic heterocycles. The van der Waals surface area contributed by atoms with E-state index in [0.29, 0.717) is 18.2 Å². The van der Waals surface area contributed by atoms with Gasteiger partial charge in [-0.15, -0.1) is 0 Å². The maximum atomic E-state index is 11.1. The Morgan fingerprint density at radius 2 is 2.19 bits per heavy atom. The van der Waals surface area contributed by atoms with Gasteiger partial charge in [0.25, 0.3) is 0 Å². The van der Waals surface area contributed by atoms with Gasteiger partial charge >= 0.3 is 0 Å². The highest BCUT2D eigenvalue weighted by atomic mass is 32.2. The molecule has 16 heavy (non-hydrogen) atoms. The maximum Gasteiger partial charge on any atom is 0.209 e. The first-order valence-electron chi connectivity index (χ1n) is 5.24. The summed E-state index contributed by atoms with van der Waals surface area (Å²) in [6.45, 7) is 0. The van der Waals surface area contributed by atoms with E-state index in [0.717, 1.165) is 24.9 Å². The molecule has 0 saturated heterocycles. The summed E-state index contributed by atoms with van der Waals surface area (Å²) in [5, 5.41) is 0. The SMILES string of the molecule is CS(=O)(=O)NC1C=C(N)C=C(OC2CC2)C1. The highest BCUT2D eigenvalue weighted by molar-refractivity contribution is 7.88. The Morgan fingerprint density at radius 1 is 1.50 bits per heavy atom. The van der Waals surface area contributed by atoms with Crippen LogP contribution in [0.15, 0.2) is 23.6 Å². The highest BCUT2D eigenvalue weighted by Gasteiger charge is 2.27. The molecule has 1 atom stereocenters. The van der Waals surface area contributed by atoms with Crippen molar-refractivity contribution in [3.05, 3.63) is 23.6 Å². The lowest BCUT2D eigenvalue weighted by Crippen LogP contribution is -2.35. The van der Waals surface area contributed by atoms with Crippen LogP contribution in [-0.4, -0.2) is 26.8 Å². The molecule has 90 valence electrons. The third-order valence-electron chi connectivity index (χ3n) is 2.35. The van der Waals surface area contributed by atoms with Crippen LogP contribution in [0.5, 0.6) is 0 Å². The van der Waals surface area contributed by atoms with E-state index in [1.54, 1.807) is 12.2 Å². The third-order valence-corrected chi connectivity index (χ3v) is 3.08. The lowest BCUT2D eigenvalue weighted by atomic mass is 10.1. The van der Waals surface area contributed by atoms with Gasteiger partial charge in [-0.3, -0.25) is 0 Å². The number of rotatable bonds is 4. The summed E-state index contributed by atoms with van der Waals surface area (Å²) in [6.07, 6.45) is 7.58. The number of hydrogen-bond donors (Lipinski definition) is 2. The molecule has 2 aliphatic rings. The van der Waals surface area contributed by atoms with Crippen LogP contribution in [0.1, 0.15) is 19.3 Å². The van der Waals surface area contributed by atoms with Crippen LogP contribution in [0.25, 0.3) is 0 Å². The molecule has 0 aliphatic heterocycles. The average molecular weight is 244 g/mol. The van der Waals surface area contributed by atoms with E-state index in [-0.39, 0.29) is 6.04 Å². The van der Waals surface area contributed by atoms with Crippen molar-refractivity contribution in [2.45, 2.75) is 31.4 Å². The zero-order chi connectivity index (χ0) is 11.8. The molecule has 0 heterocycles. The molecule has 6 heteroatoms. The molecular weight excluding hydrogens is 228 g/mol.